The van der Waals surface area contributed by atoms with Crippen LogP contribution in [-0.4, -0.2) is 79.4 Å². The maximum absolute atomic E-state index is 13.3. The quantitative estimate of drug-likeness (QED) is 0.349. The fourth-order valence-corrected chi connectivity index (χ4v) is 5.28. The van der Waals surface area contributed by atoms with E-state index in [1.807, 2.05) is 18.7 Å². The Kier molecular flexibility index (Phi) is 9.37. The summed E-state index contributed by atoms with van der Waals surface area (Å²) in [6.07, 6.45) is 4.99. The number of anilines is 1. The van der Waals surface area contributed by atoms with E-state index in [9.17, 15) is 22.0 Å². The van der Waals surface area contributed by atoms with Crippen molar-refractivity contribution in [2.24, 2.45) is 0 Å². The zero-order valence-corrected chi connectivity index (χ0v) is 22.8. The Hall–Kier alpha value is -3.27. The van der Waals surface area contributed by atoms with Crippen LogP contribution in [0.2, 0.25) is 0 Å². The summed E-state index contributed by atoms with van der Waals surface area (Å²) in [7, 11) is -2.91. The van der Waals surface area contributed by atoms with Crippen molar-refractivity contribution in [2.75, 3.05) is 38.1 Å². The first kappa shape index (κ1) is 28.7. The molecule has 3 aromatic rings. The molecule has 1 fully saturated rings. The number of halogens is 2. The zero-order chi connectivity index (χ0) is 28.0. The fourth-order valence-electron chi connectivity index (χ4n) is 3.97. The van der Waals surface area contributed by atoms with E-state index < -0.39 is 27.7 Å². The molecule has 0 unspecified atom stereocenters. The third-order valence-corrected chi connectivity index (χ3v) is 7.98. The van der Waals surface area contributed by atoms with Crippen molar-refractivity contribution in [3.8, 4) is 16.5 Å². The summed E-state index contributed by atoms with van der Waals surface area (Å²) in [5.41, 5.74) is 1.00. The number of sulfonamides is 1. The number of amides is 1. The van der Waals surface area contributed by atoms with Crippen LogP contribution in [0.4, 0.5) is 14.5 Å². The summed E-state index contributed by atoms with van der Waals surface area (Å²) in [6, 6.07) is 5.37. The van der Waals surface area contributed by atoms with E-state index in [2.05, 4.69) is 25.2 Å². The van der Waals surface area contributed by atoms with E-state index in [1.165, 1.54) is 30.6 Å². The average molecular weight is 583 g/mol. The van der Waals surface area contributed by atoms with Crippen LogP contribution in [0.15, 0.2) is 42.9 Å². The first-order valence-corrected chi connectivity index (χ1v) is 14.4. The van der Waals surface area contributed by atoms with Crippen molar-refractivity contribution in [3.05, 3.63) is 53.4 Å². The number of benzene rings is 1. The number of carbonyl (C=O) groups excluding carboxylic acids is 1. The third-order valence-electron chi connectivity index (χ3n) is 5.98. The summed E-state index contributed by atoms with van der Waals surface area (Å²) in [4.78, 5) is 28.8. The van der Waals surface area contributed by atoms with Crippen LogP contribution in [0, 0.1) is 0 Å². The molecule has 2 aromatic heterocycles. The molecule has 15 heteroatoms. The van der Waals surface area contributed by atoms with Crippen molar-refractivity contribution in [1.29, 1.82) is 0 Å². The van der Waals surface area contributed by atoms with E-state index in [4.69, 9.17) is 9.47 Å². The number of rotatable bonds is 11. The van der Waals surface area contributed by atoms with Crippen LogP contribution >= 0.6 is 11.3 Å². The molecule has 1 aliphatic heterocycles. The highest BCUT2D eigenvalue weighted by Crippen LogP contribution is 2.28. The van der Waals surface area contributed by atoms with Crippen molar-refractivity contribution >= 4 is 33.0 Å². The molecule has 0 radical (unpaired) electrons. The number of alkyl halides is 2. The molecular weight excluding hydrogens is 554 g/mol. The van der Waals surface area contributed by atoms with Crippen LogP contribution in [0.3, 0.4) is 0 Å². The smallest absolute Gasteiger partial charge is 0.355 e. The second-order valence-electron chi connectivity index (χ2n) is 8.71. The van der Waals surface area contributed by atoms with Crippen LogP contribution < -0.4 is 14.8 Å². The number of nitrogens with one attached hydrogen (secondary N) is 2. The number of nitrogens with zero attached hydrogens (tertiary/aromatic N) is 4. The third kappa shape index (κ3) is 7.44. The van der Waals surface area contributed by atoms with E-state index in [-0.39, 0.29) is 16.7 Å². The van der Waals surface area contributed by atoms with Gasteiger partial charge in [0.15, 0.2) is 5.01 Å². The normalized spacial score (nSPS) is 17.1. The van der Waals surface area contributed by atoms with Gasteiger partial charge in [0.2, 0.25) is 5.88 Å². The van der Waals surface area contributed by atoms with Gasteiger partial charge in [-0.1, -0.05) is 12.1 Å². The van der Waals surface area contributed by atoms with Crippen LogP contribution in [0.25, 0.3) is 10.6 Å². The van der Waals surface area contributed by atoms with Crippen molar-refractivity contribution in [3.63, 3.8) is 0 Å². The monoisotopic (exact) mass is 582 g/mol. The second-order valence-corrected chi connectivity index (χ2v) is 11.4. The highest BCUT2D eigenvalue weighted by Gasteiger charge is 2.28. The lowest BCUT2D eigenvalue weighted by Gasteiger charge is -2.35. The predicted octanol–water partition coefficient (Wildman–Crippen LogP) is 3.15. The lowest BCUT2D eigenvalue weighted by Crippen LogP contribution is -2.45. The average Bonchev–Trinajstić information content (AvgIpc) is 3.40. The molecule has 39 heavy (non-hydrogen) atoms. The second kappa shape index (κ2) is 12.7. The Morgan fingerprint density at radius 1 is 1.31 bits per heavy atom. The minimum atomic E-state index is -4.85. The zero-order valence-electron chi connectivity index (χ0n) is 21.2. The topological polar surface area (TPSA) is 136 Å². The summed E-state index contributed by atoms with van der Waals surface area (Å²) in [5.74, 6) is -3.68. The molecule has 1 aliphatic rings. The van der Waals surface area contributed by atoms with Crippen LogP contribution in [0.1, 0.15) is 34.8 Å². The molecule has 0 spiro atoms. The van der Waals surface area contributed by atoms with Gasteiger partial charge in [0.1, 0.15) is 5.69 Å². The molecule has 210 valence electrons. The van der Waals surface area contributed by atoms with Gasteiger partial charge in [-0.2, -0.15) is 8.78 Å². The van der Waals surface area contributed by atoms with E-state index in [0.717, 1.165) is 11.3 Å². The fraction of sp³-hybridized carbons (Fsp3) is 0.417. The Bertz CT molecular complexity index is 1390. The SMILES string of the molecule is CCOc1cncc(-c2cnc(C(=O)N[C@@H](C[C@H]3COCCN3C)c3cccc(NS(=O)(=O)C(F)F)c3)s2)n1. The molecule has 3 heterocycles. The summed E-state index contributed by atoms with van der Waals surface area (Å²) >= 11 is 1.13. The number of aromatic nitrogens is 3. The number of carbonyl (C=O) groups is 1. The molecular formula is C24H28F2N6O5S2. The summed E-state index contributed by atoms with van der Waals surface area (Å²) in [5, 5.41) is 3.15. The van der Waals surface area contributed by atoms with Gasteiger partial charge in [-0.3, -0.25) is 19.4 Å². The lowest BCUT2D eigenvalue weighted by atomic mass is 9.97. The van der Waals surface area contributed by atoms with E-state index >= 15 is 0 Å². The minimum absolute atomic E-state index is 0.0374. The van der Waals surface area contributed by atoms with Crippen molar-refractivity contribution in [2.45, 2.75) is 31.2 Å². The molecule has 11 nitrogen and oxygen atoms in total. The standard InChI is InChI=1S/C24H28F2N6O5S2/c1-3-37-21-13-27-11-19(29-21)20-12-28-23(38-20)22(33)30-18(10-17-14-36-8-7-32(17)2)15-5-4-6-16(9-15)31-39(34,35)24(25)26/h4-6,9,11-13,17-18,24,31H,3,7-8,10,14H2,1-2H3,(H,30,33)/t17-,18-/m0/s1. The van der Waals surface area contributed by atoms with Gasteiger partial charge in [-0.15, -0.1) is 11.3 Å². The molecule has 4 rings (SSSR count). The van der Waals surface area contributed by atoms with E-state index in [0.29, 0.717) is 54.8 Å². The molecule has 1 saturated heterocycles. The van der Waals surface area contributed by atoms with Crippen molar-refractivity contribution in [1.82, 2.24) is 25.2 Å². The Morgan fingerprint density at radius 3 is 2.87 bits per heavy atom. The van der Waals surface area contributed by atoms with Gasteiger partial charge in [-0.05, 0) is 38.1 Å². The van der Waals surface area contributed by atoms with Gasteiger partial charge >= 0.3 is 5.76 Å². The molecule has 1 aromatic carbocycles. The molecule has 1 amide bonds. The molecule has 2 N–H and O–H groups in total. The Morgan fingerprint density at radius 2 is 2.13 bits per heavy atom. The Labute approximate surface area is 228 Å². The number of hydrogen-bond donors (Lipinski definition) is 2. The molecule has 0 aliphatic carbocycles. The number of hydrogen-bond acceptors (Lipinski definition) is 10. The van der Waals surface area contributed by atoms with E-state index in [1.54, 1.807) is 12.3 Å². The maximum Gasteiger partial charge on any atom is 0.355 e. The minimum Gasteiger partial charge on any atom is -0.477 e. The van der Waals surface area contributed by atoms with Crippen LogP contribution in [-0.2, 0) is 14.8 Å². The largest absolute Gasteiger partial charge is 0.477 e. The van der Waals surface area contributed by atoms with Gasteiger partial charge in [-0.25, -0.2) is 18.4 Å². The highest BCUT2D eigenvalue weighted by molar-refractivity contribution is 7.93. The number of morpholine rings is 1. The number of likely N-dealkylation sites (N-methyl/N-ethyl adjacent to an activating group) is 1. The number of ether oxygens (including phenoxy) is 2. The summed E-state index contributed by atoms with van der Waals surface area (Å²) in [6.45, 7) is 4.00. The first-order chi connectivity index (χ1) is 18.7. The van der Waals surface area contributed by atoms with Crippen molar-refractivity contribution < 1.29 is 31.5 Å². The molecule has 2 atom stereocenters. The van der Waals surface area contributed by atoms with Gasteiger partial charge in [0.05, 0.1) is 43.1 Å². The predicted molar refractivity (Wildman–Crippen MR) is 141 cm³/mol. The first-order valence-electron chi connectivity index (χ1n) is 12.1. The maximum atomic E-state index is 13.3. The van der Waals surface area contributed by atoms with Gasteiger partial charge < -0.3 is 14.8 Å². The van der Waals surface area contributed by atoms with Crippen LogP contribution in [0.5, 0.6) is 5.88 Å². The molecule has 0 saturated carbocycles. The van der Waals surface area contributed by atoms with Gasteiger partial charge in [0.25, 0.3) is 15.9 Å². The summed E-state index contributed by atoms with van der Waals surface area (Å²) < 4.78 is 62.1. The molecule has 0 bridgehead atoms. The Balaban J connectivity index is 1.57. The highest BCUT2D eigenvalue weighted by atomic mass is 32.2. The lowest BCUT2D eigenvalue weighted by molar-refractivity contribution is -0.000672. The van der Waals surface area contributed by atoms with Gasteiger partial charge in [0, 0.05) is 24.5 Å². The number of thiazole rings is 1.